The predicted molar refractivity (Wildman–Crippen MR) is 301 cm³/mol. The van der Waals surface area contributed by atoms with E-state index >= 15 is 0 Å². The summed E-state index contributed by atoms with van der Waals surface area (Å²) in [4.78, 5) is 24.6. The van der Waals surface area contributed by atoms with Crippen LogP contribution in [-0.4, -0.2) is 47.4 Å². The van der Waals surface area contributed by atoms with Crippen LogP contribution >= 0.6 is 0 Å². The van der Waals surface area contributed by atoms with Crippen LogP contribution < -0.4 is 5.32 Å². The third-order valence-electron chi connectivity index (χ3n) is 14.8. The van der Waals surface area contributed by atoms with E-state index < -0.39 is 12.1 Å². The highest BCUT2D eigenvalue weighted by molar-refractivity contribution is 5.76. The van der Waals surface area contributed by atoms with E-state index in [-0.39, 0.29) is 18.5 Å². The maximum Gasteiger partial charge on any atom is 0.305 e. The molecule has 0 fully saturated rings. The van der Waals surface area contributed by atoms with Crippen molar-refractivity contribution in [2.24, 2.45) is 0 Å². The topological polar surface area (TPSA) is 95.9 Å². The monoisotopic (exact) mass is 974 g/mol. The summed E-state index contributed by atoms with van der Waals surface area (Å²) in [5.41, 5.74) is 0. The highest BCUT2D eigenvalue weighted by Gasteiger charge is 2.20. The lowest BCUT2D eigenvalue weighted by Gasteiger charge is -2.22. The van der Waals surface area contributed by atoms with E-state index in [1.807, 2.05) is 0 Å². The predicted octanol–water partition coefficient (Wildman–Crippen LogP) is 19.6. The van der Waals surface area contributed by atoms with Crippen LogP contribution in [0.4, 0.5) is 0 Å². The Morgan fingerprint density at radius 3 is 1.03 bits per heavy atom. The number of nitrogens with one attached hydrogen (secondary N) is 1. The number of aliphatic hydroxyl groups excluding tert-OH is 2. The van der Waals surface area contributed by atoms with Gasteiger partial charge in [0, 0.05) is 12.8 Å². The van der Waals surface area contributed by atoms with Crippen molar-refractivity contribution in [3.8, 4) is 0 Å². The Morgan fingerprint density at radius 2 is 0.681 bits per heavy atom. The van der Waals surface area contributed by atoms with Crippen LogP contribution in [0.5, 0.6) is 0 Å². The first-order valence-corrected chi connectivity index (χ1v) is 31.4. The molecule has 0 aliphatic heterocycles. The summed E-state index contributed by atoms with van der Waals surface area (Å²) >= 11 is 0. The van der Waals surface area contributed by atoms with E-state index in [4.69, 9.17) is 4.74 Å². The molecule has 0 spiro atoms. The zero-order valence-electron chi connectivity index (χ0n) is 46.8. The first kappa shape index (κ1) is 67.6. The van der Waals surface area contributed by atoms with E-state index in [9.17, 15) is 19.8 Å². The minimum absolute atomic E-state index is 0.000949. The standard InChI is InChI=1S/C63H123NO5/c1-3-5-7-9-11-13-15-17-19-21-24-27-31-35-39-43-47-51-55-61(66)60(59-65)64-62(67)56-52-48-44-40-36-32-28-25-22-23-26-30-34-38-42-46-50-54-58-69-63(68)57-53-49-45-41-37-33-29-20-18-16-14-12-10-8-6-4-2/h20,29,60-61,65-66H,3-19,21-28,30-59H2,1-2H3,(H,64,67)/b29-20-. The Hall–Kier alpha value is -1.40. The van der Waals surface area contributed by atoms with E-state index in [1.54, 1.807) is 0 Å². The van der Waals surface area contributed by atoms with Gasteiger partial charge in [-0.3, -0.25) is 9.59 Å². The molecule has 0 saturated heterocycles. The van der Waals surface area contributed by atoms with Crippen LogP contribution in [0.2, 0.25) is 0 Å². The number of amides is 1. The van der Waals surface area contributed by atoms with Gasteiger partial charge in [0.1, 0.15) is 0 Å². The van der Waals surface area contributed by atoms with E-state index in [0.717, 1.165) is 44.9 Å². The van der Waals surface area contributed by atoms with Gasteiger partial charge in [0.15, 0.2) is 0 Å². The molecule has 3 N–H and O–H groups in total. The molecule has 0 heterocycles. The first-order valence-electron chi connectivity index (χ1n) is 31.4. The van der Waals surface area contributed by atoms with Gasteiger partial charge in [-0.2, -0.15) is 0 Å². The second-order valence-corrected chi connectivity index (χ2v) is 21.7. The van der Waals surface area contributed by atoms with Crippen molar-refractivity contribution < 1.29 is 24.5 Å². The van der Waals surface area contributed by atoms with Gasteiger partial charge in [-0.05, 0) is 51.4 Å². The summed E-state index contributed by atoms with van der Waals surface area (Å²) in [5.74, 6) is -0.0348. The fourth-order valence-electron chi connectivity index (χ4n) is 9.99. The zero-order valence-corrected chi connectivity index (χ0v) is 46.8. The number of allylic oxidation sites excluding steroid dienone is 2. The van der Waals surface area contributed by atoms with E-state index in [1.165, 1.54) is 276 Å². The van der Waals surface area contributed by atoms with E-state index in [2.05, 4.69) is 31.3 Å². The van der Waals surface area contributed by atoms with Crippen molar-refractivity contribution in [1.82, 2.24) is 5.32 Å². The van der Waals surface area contributed by atoms with Gasteiger partial charge < -0.3 is 20.3 Å². The van der Waals surface area contributed by atoms with Crippen molar-refractivity contribution >= 4 is 11.9 Å². The molecule has 1 amide bonds. The number of unbranched alkanes of at least 4 members (excludes halogenated alkanes) is 46. The number of hydrogen-bond acceptors (Lipinski definition) is 5. The minimum Gasteiger partial charge on any atom is -0.466 e. The number of rotatable bonds is 59. The van der Waals surface area contributed by atoms with Crippen LogP contribution in [0.15, 0.2) is 12.2 Å². The van der Waals surface area contributed by atoms with Crippen molar-refractivity contribution in [2.75, 3.05) is 13.2 Å². The molecule has 0 aromatic rings. The quantitative estimate of drug-likeness (QED) is 0.0321. The molecular formula is C63H123NO5. The highest BCUT2D eigenvalue weighted by atomic mass is 16.5. The summed E-state index contributed by atoms with van der Waals surface area (Å²) in [7, 11) is 0. The summed E-state index contributed by atoms with van der Waals surface area (Å²) in [6.45, 7) is 4.97. The second-order valence-electron chi connectivity index (χ2n) is 21.7. The average Bonchev–Trinajstić information content (AvgIpc) is 3.35. The largest absolute Gasteiger partial charge is 0.466 e. The smallest absolute Gasteiger partial charge is 0.305 e. The molecule has 0 radical (unpaired) electrons. The van der Waals surface area contributed by atoms with Crippen LogP contribution in [-0.2, 0) is 14.3 Å². The molecule has 0 rings (SSSR count). The first-order chi connectivity index (χ1) is 34.0. The summed E-state index contributed by atoms with van der Waals surface area (Å²) in [5, 5.41) is 23.3. The van der Waals surface area contributed by atoms with Crippen LogP contribution in [0.25, 0.3) is 0 Å². The van der Waals surface area contributed by atoms with Crippen molar-refractivity contribution in [3.63, 3.8) is 0 Å². The van der Waals surface area contributed by atoms with Crippen LogP contribution in [0.1, 0.15) is 354 Å². The van der Waals surface area contributed by atoms with Crippen LogP contribution in [0.3, 0.4) is 0 Å². The average molecular weight is 975 g/mol. The molecule has 0 aliphatic rings. The minimum atomic E-state index is -0.667. The summed E-state index contributed by atoms with van der Waals surface area (Å²) < 4.78 is 5.48. The van der Waals surface area contributed by atoms with Crippen molar-refractivity contribution in [1.29, 1.82) is 0 Å². The summed E-state index contributed by atoms with van der Waals surface area (Å²) in [6.07, 6.45) is 70.7. The molecular weight excluding hydrogens is 851 g/mol. The van der Waals surface area contributed by atoms with Crippen LogP contribution in [0, 0.1) is 0 Å². The van der Waals surface area contributed by atoms with Gasteiger partial charge in [-0.25, -0.2) is 0 Å². The molecule has 0 bridgehead atoms. The third kappa shape index (κ3) is 55.8. The van der Waals surface area contributed by atoms with Gasteiger partial charge in [-0.15, -0.1) is 0 Å². The molecule has 410 valence electrons. The fraction of sp³-hybridized carbons (Fsp3) is 0.937. The summed E-state index contributed by atoms with van der Waals surface area (Å²) in [6, 6.07) is -0.544. The van der Waals surface area contributed by atoms with Gasteiger partial charge in [0.05, 0.1) is 25.4 Å². The molecule has 69 heavy (non-hydrogen) atoms. The van der Waals surface area contributed by atoms with Crippen molar-refractivity contribution in [3.05, 3.63) is 12.2 Å². The molecule has 0 aliphatic carbocycles. The van der Waals surface area contributed by atoms with E-state index in [0.29, 0.717) is 25.9 Å². The number of carbonyl (C=O) groups excluding carboxylic acids is 2. The number of ether oxygens (including phenoxy) is 1. The lowest BCUT2D eigenvalue weighted by atomic mass is 10.0. The highest BCUT2D eigenvalue weighted by Crippen LogP contribution is 2.18. The Labute approximate surface area is 431 Å². The molecule has 0 aromatic carbocycles. The molecule has 2 unspecified atom stereocenters. The van der Waals surface area contributed by atoms with Gasteiger partial charge >= 0.3 is 5.97 Å². The molecule has 2 atom stereocenters. The third-order valence-corrected chi connectivity index (χ3v) is 14.8. The van der Waals surface area contributed by atoms with Crippen molar-refractivity contribution in [2.45, 2.75) is 366 Å². The number of hydrogen-bond donors (Lipinski definition) is 3. The number of aliphatic hydroxyl groups is 2. The maximum absolute atomic E-state index is 12.5. The Balaban J connectivity index is 3.40. The fourth-order valence-corrected chi connectivity index (χ4v) is 9.99. The van der Waals surface area contributed by atoms with Gasteiger partial charge in [0.25, 0.3) is 0 Å². The second kappa shape index (κ2) is 59.2. The molecule has 6 nitrogen and oxygen atoms in total. The zero-order chi connectivity index (χ0) is 50.0. The Kier molecular flexibility index (Phi) is 58.0. The molecule has 0 aromatic heterocycles. The number of esters is 1. The lowest BCUT2D eigenvalue weighted by Crippen LogP contribution is -2.45. The SMILES string of the molecule is CCCCCCCCC/C=C\CCCCCCCC(=O)OCCCCCCCCCCCCCCCCCCCCC(=O)NC(CO)C(O)CCCCCCCCCCCCCCCCCCCC. The molecule has 0 saturated carbocycles. The van der Waals surface area contributed by atoms with Gasteiger partial charge in [-0.1, -0.05) is 302 Å². The maximum atomic E-state index is 12.5. The Morgan fingerprint density at radius 1 is 0.391 bits per heavy atom. The van der Waals surface area contributed by atoms with Gasteiger partial charge in [0.2, 0.25) is 5.91 Å². The normalized spacial score (nSPS) is 12.6. The Bertz CT molecular complexity index is 1030. The lowest BCUT2D eigenvalue weighted by molar-refractivity contribution is -0.143. The number of carbonyl (C=O) groups is 2. The molecule has 6 heteroatoms.